The molecule has 0 aromatic rings. The number of carbonyl (C=O) groups excluding carboxylic acids is 1. The molecule has 0 radical (unpaired) electrons. The zero-order chi connectivity index (χ0) is 12.3. The van der Waals surface area contributed by atoms with Crippen LogP contribution in [0.2, 0.25) is 0 Å². The van der Waals surface area contributed by atoms with Gasteiger partial charge >= 0.3 is 6.18 Å². The molecular weight excluding hydrogens is 247 g/mol. The van der Waals surface area contributed by atoms with Gasteiger partial charge in [0.15, 0.2) is 0 Å². The molecule has 90 valence electrons. The summed E-state index contributed by atoms with van der Waals surface area (Å²) in [4.78, 5) is 18.7. The molecule has 8 heteroatoms. The predicted octanol–water partition coefficient (Wildman–Crippen LogP) is 1.14. The van der Waals surface area contributed by atoms with Crippen LogP contribution in [0.4, 0.5) is 13.2 Å². The number of halogens is 4. The van der Waals surface area contributed by atoms with Gasteiger partial charge in [-0.3, -0.25) is 14.8 Å². The molecule has 1 N–H and O–H groups in total. The van der Waals surface area contributed by atoms with Crippen molar-refractivity contribution < 1.29 is 18.0 Å². The minimum absolute atomic E-state index is 0.0845. The van der Waals surface area contributed by atoms with E-state index in [0.29, 0.717) is 0 Å². The topological polar surface area (TPSA) is 53.8 Å². The van der Waals surface area contributed by atoms with Crippen molar-refractivity contribution in [3.8, 4) is 0 Å². The lowest BCUT2D eigenvalue weighted by atomic mass is 10.3. The van der Waals surface area contributed by atoms with Crippen LogP contribution in [0.3, 0.4) is 0 Å². The van der Waals surface area contributed by atoms with Gasteiger partial charge in [0.05, 0.1) is 12.8 Å². The highest BCUT2D eigenvalue weighted by Gasteiger charge is 2.37. The summed E-state index contributed by atoms with van der Waals surface area (Å²) in [6.07, 6.45) is -3.41. The van der Waals surface area contributed by atoms with Crippen molar-refractivity contribution in [2.45, 2.75) is 24.6 Å². The molecule has 4 nitrogen and oxygen atoms in total. The SMILES string of the molecule is CC(NC(=O)C1=NCC(Cl)N=C1)C(F)(F)F. The molecule has 1 rings (SSSR count). The van der Waals surface area contributed by atoms with Crippen molar-refractivity contribution in [2.75, 3.05) is 6.54 Å². The second-order valence-electron chi connectivity index (χ2n) is 3.18. The Labute approximate surface area is 94.6 Å². The number of alkyl halides is 4. The molecule has 0 aromatic carbocycles. The maximum Gasteiger partial charge on any atom is 0.408 e. The Balaban J connectivity index is 2.58. The highest BCUT2D eigenvalue weighted by Crippen LogP contribution is 2.19. The Morgan fingerprint density at radius 2 is 2.31 bits per heavy atom. The standard InChI is InChI=1S/C8H9ClF3N3O/c1-4(8(10,11)12)15-7(16)5-2-14-6(9)3-13-5/h2,4,6H,3H2,1H3,(H,15,16). The Bertz CT molecular complexity index is 340. The first-order chi connectivity index (χ1) is 7.30. The molecule has 1 amide bonds. The van der Waals surface area contributed by atoms with E-state index < -0.39 is 23.6 Å². The van der Waals surface area contributed by atoms with Gasteiger partial charge in [0.2, 0.25) is 0 Å². The van der Waals surface area contributed by atoms with Crippen molar-refractivity contribution >= 4 is 29.4 Å². The van der Waals surface area contributed by atoms with Gasteiger partial charge in [0.25, 0.3) is 5.91 Å². The summed E-state index contributed by atoms with van der Waals surface area (Å²) in [5, 5.41) is 1.78. The molecule has 1 heterocycles. The Morgan fingerprint density at radius 3 is 2.75 bits per heavy atom. The van der Waals surface area contributed by atoms with Crippen LogP contribution in [0.15, 0.2) is 9.98 Å². The molecule has 0 spiro atoms. The third-order valence-electron chi connectivity index (χ3n) is 1.84. The Kier molecular flexibility index (Phi) is 3.90. The van der Waals surface area contributed by atoms with Crippen LogP contribution in [0.5, 0.6) is 0 Å². The minimum Gasteiger partial charge on any atom is -0.339 e. The molecule has 0 saturated carbocycles. The summed E-state index contributed by atoms with van der Waals surface area (Å²) < 4.78 is 36.4. The summed E-state index contributed by atoms with van der Waals surface area (Å²) in [5.74, 6) is -0.905. The number of nitrogens with zero attached hydrogens (tertiary/aromatic N) is 2. The van der Waals surface area contributed by atoms with E-state index in [1.54, 1.807) is 5.32 Å². The van der Waals surface area contributed by atoms with Gasteiger partial charge < -0.3 is 5.32 Å². The van der Waals surface area contributed by atoms with Gasteiger partial charge in [-0.15, -0.1) is 0 Å². The Morgan fingerprint density at radius 1 is 1.69 bits per heavy atom. The molecule has 0 saturated heterocycles. The van der Waals surface area contributed by atoms with E-state index in [9.17, 15) is 18.0 Å². The first kappa shape index (κ1) is 13.0. The van der Waals surface area contributed by atoms with Gasteiger partial charge in [-0.2, -0.15) is 13.2 Å². The number of amides is 1. The van der Waals surface area contributed by atoms with E-state index in [1.165, 1.54) is 0 Å². The molecule has 2 atom stereocenters. The van der Waals surface area contributed by atoms with Gasteiger partial charge in [0, 0.05) is 0 Å². The van der Waals surface area contributed by atoms with Crippen molar-refractivity contribution in [3.63, 3.8) is 0 Å². The molecule has 0 aromatic heterocycles. The zero-order valence-electron chi connectivity index (χ0n) is 8.25. The van der Waals surface area contributed by atoms with Crippen LogP contribution in [0, 0.1) is 0 Å². The van der Waals surface area contributed by atoms with E-state index in [2.05, 4.69) is 9.98 Å². The van der Waals surface area contributed by atoms with Crippen LogP contribution >= 0.6 is 11.6 Å². The Hall–Kier alpha value is -1.11. The number of nitrogens with one attached hydrogen (secondary N) is 1. The van der Waals surface area contributed by atoms with Crippen molar-refractivity contribution in [2.24, 2.45) is 9.98 Å². The molecule has 0 fully saturated rings. The van der Waals surface area contributed by atoms with E-state index in [4.69, 9.17) is 11.6 Å². The first-order valence-corrected chi connectivity index (χ1v) is 4.83. The number of carbonyl (C=O) groups is 1. The molecule has 1 aliphatic heterocycles. The number of rotatable bonds is 2. The monoisotopic (exact) mass is 255 g/mol. The third kappa shape index (κ3) is 3.48. The quantitative estimate of drug-likeness (QED) is 0.584. The summed E-state index contributed by atoms with van der Waals surface area (Å²) in [5.41, 5.74) is -0.704. The highest BCUT2D eigenvalue weighted by molar-refractivity contribution is 6.61. The maximum atomic E-state index is 12.1. The summed E-state index contributed by atoms with van der Waals surface area (Å²) in [7, 11) is 0. The lowest BCUT2D eigenvalue weighted by Gasteiger charge is -2.17. The van der Waals surface area contributed by atoms with Crippen LogP contribution < -0.4 is 5.32 Å². The highest BCUT2D eigenvalue weighted by atomic mass is 35.5. The lowest BCUT2D eigenvalue weighted by Crippen LogP contribution is -2.46. The fourth-order valence-corrected chi connectivity index (χ4v) is 1.02. The summed E-state index contributed by atoms with van der Waals surface area (Å²) in [6.45, 7) is 0.935. The molecule has 16 heavy (non-hydrogen) atoms. The van der Waals surface area contributed by atoms with E-state index >= 15 is 0 Å². The van der Waals surface area contributed by atoms with Gasteiger partial charge in [-0.05, 0) is 6.92 Å². The fourth-order valence-electron chi connectivity index (χ4n) is 0.896. The smallest absolute Gasteiger partial charge is 0.339 e. The van der Waals surface area contributed by atoms with Crippen LogP contribution in [0.1, 0.15) is 6.92 Å². The van der Waals surface area contributed by atoms with Crippen molar-refractivity contribution in [1.29, 1.82) is 0 Å². The number of hydrogen-bond donors (Lipinski definition) is 1. The second kappa shape index (κ2) is 4.82. The zero-order valence-corrected chi connectivity index (χ0v) is 9.01. The molecule has 1 aliphatic rings. The average molecular weight is 256 g/mol. The normalized spacial score (nSPS) is 22.6. The van der Waals surface area contributed by atoms with E-state index in [1.807, 2.05) is 0 Å². The number of aliphatic imine (C=N–C) groups is 2. The maximum absolute atomic E-state index is 12.1. The first-order valence-electron chi connectivity index (χ1n) is 4.40. The second-order valence-corrected chi connectivity index (χ2v) is 3.68. The average Bonchev–Trinajstić information content (AvgIpc) is 2.17. The molecule has 0 bridgehead atoms. The molecule has 2 unspecified atom stereocenters. The van der Waals surface area contributed by atoms with Crippen LogP contribution in [-0.4, -0.2) is 42.1 Å². The lowest BCUT2D eigenvalue weighted by molar-refractivity contribution is -0.156. The van der Waals surface area contributed by atoms with Crippen LogP contribution in [-0.2, 0) is 4.79 Å². The van der Waals surface area contributed by atoms with Gasteiger partial charge in [-0.25, -0.2) is 0 Å². The van der Waals surface area contributed by atoms with E-state index in [0.717, 1.165) is 13.1 Å². The summed E-state index contributed by atoms with van der Waals surface area (Å²) in [6, 6.07) is -1.93. The molecule has 0 aliphatic carbocycles. The summed E-state index contributed by atoms with van der Waals surface area (Å²) >= 11 is 5.55. The van der Waals surface area contributed by atoms with Crippen LogP contribution in [0.25, 0.3) is 0 Å². The van der Waals surface area contributed by atoms with Gasteiger partial charge in [-0.1, -0.05) is 11.6 Å². The van der Waals surface area contributed by atoms with Crippen molar-refractivity contribution in [3.05, 3.63) is 0 Å². The molecular formula is C8H9ClF3N3O. The van der Waals surface area contributed by atoms with E-state index in [-0.39, 0.29) is 12.3 Å². The largest absolute Gasteiger partial charge is 0.408 e. The minimum atomic E-state index is -4.48. The fraction of sp³-hybridized carbons (Fsp3) is 0.625. The van der Waals surface area contributed by atoms with Crippen molar-refractivity contribution in [1.82, 2.24) is 5.32 Å². The third-order valence-corrected chi connectivity index (χ3v) is 2.09. The van der Waals surface area contributed by atoms with Gasteiger partial charge in [0.1, 0.15) is 17.3 Å². The number of hydrogen-bond acceptors (Lipinski definition) is 3. The predicted molar refractivity (Wildman–Crippen MR) is 54.1 cm³/mol.